The zero-order valence-electron chi connectivity index (χ0n) is 16.7. The minimum absolute atomic E-state index is 0.0331. The average molecular weight is 376 g/mol. The van der Waals surface area contributed by atoms with Gasteiger partial charge in [-0.2, -0.15) is 0 Å². The Morgan fingerprint density at radius 2 is 2.00 bits per heavy atom. The third-order valence-electron chi connectivity index (χ3n) is 5.00. The third kappa shape index (κ3) is 5.92. The molecular weight excluding hydrogens is 344 g/mol. The highest BCUT2D eigenvalue weighted by molar-refractivity contribution is 5.68. The summed E-state index contributed by atoms with van der Waals surface area (Å²) in [5, 5.41) is 10.4. The van der Waals surface area contributed by atoms with E-state index in [1.54, 1.807) is 4.90 Å². The lowest BCUT2D eigenvalue weighted by Crippen LogP contribution is -2.39. The zero-order chi connectivity index (χ0) is 19.4. The quantitative estimate of drug-likeness (QED) is 0.855. The zero-order valence-corrected chi connectivity index (χ0v) is 16.7. The van der Waals surface area contributed by atoms with Crippen LogP contribution in [0.5, 0.6) is 0 Å². The van der Waals surface area contributed by atoms with Gasteiger partial charge in [0.15, 0.2) is 0 Å². The number of nitrogens with zero attached hydrogens (tertiary/aromatic N) is 2. The second-order valence-corrected chi connectivity index (χ2v) is 8.58. The summed E-state index contributed by atoms with van der Waals surface area (Å²) in [7, 11) is 0. The second-order valence-electron chi connectivity index (χ2n) is 8.58. The van der Waals surface area contributed by atoms with E-state index in [-0.39, 0.29) is 12.2 Å². The second kappa shape index (κ2) is 8.59. The molecule has 6 heteroatoms. The van der Waals surface area contributed by atoms with Crippen LogP contribution in [0.15, 0.2) is 24.3 Å². The highest BCUT2D eigenvalue weighted by Gasteiger charge is 2.30. The lowest BCUT2D eigenvalue weighted by Gasteiger charge is -2.30. The summed E-state index contributed by atoms with van der Waals surface area (Å²) in [6.45, 7) is 9.50. The number of hydrogen-bond donors (Lipinski definition) is 1. The maximum atomic E-state index is 12.1. The number of carbonyl (C=O) groups excluding carboxylic acids is 1. The first-order chi connectivity index (χ1) is 12.8. The Balaban J connectivity index is 1.38. The van der Waals surface area contributed by atoms with Gasteiger partial charge in [0.1, 0.15) is 5.60 Å². The van der Waals surface area contributed by atoms with Gasteiger partial charge in [0, 0.05) is 26.2 Å². The maximum absolute atomic E-state index is 12.1. The number of rotatable bonds is 5. The van der Waals surface area contributed by atoms with E-state index in [0.717, 1.165) is 25.9 Å². The molecule has 0 radical (unpaired) electrons. The average Bonchev–Trinajstić information content (AvgIpc) is 3.08. The highest BCUT2D eigenvalue weighted by atomic mass is 16.6. The van der Waals surface area contributed by atoms with Crippen LogP contribution < -0.4 is 0 Å². The van der Waals surface area contributed by atoms with Gasteiger partial charge in [0.25, 0.3) is 0 Å². The topological polar surface area (TPSA) is 62.2 Å². The Morgan fingerprint density at radius 1 is 1.26 bits per heavy atom. The van der Waals surface area contributed by atoms with Crippen LogP contribution in [0.2, 0.25) is 0 Å². The molecule has 2 aliphatic rings. The Morgan fingerprint density at radius 3 is 2.74 bits per heavy atom. The summed E-state index contributed by atoms with van der Waals surface area (Å²) in [6.07, 6.45) is 0.960. The normalized spacial score (nSPS) is 21.8. The van der Waals surface area contributed by atoms with Crippen LogP contribution in [0.1, 0.15) is 38.3 Å². The van der Waals surface area contributed by atoms with Crippen LogP contribution in [0.3, 0.4) is 0 Å². The molecule has 2 unspecified atom stereocenters. The van der Waals surface area contributed by atoms with Crippen molar-refractivity contribution in [2.45, 2.75) is 58.0 Å². The standard InChI is InChI=1S/C21H32N2O4/c1-21(2,3)27-20(25)23-11-9-19(14-23)26-15-18(24)13-22-10-8-16-6-4-5-7-17(16)12-22/h4-7,18-19,24H,8-15H2,1-3H3. The largest absolute Gasteiger partial charge is 0.444 e. The maximum Gasteiger partial charge on any atom is 0.410 e. The van der Waals surface area contributed by atoms with Crippen molar-refractivity contribution in [3.63, 3.8) is 0 Å². The Hall–Kier alpha value is -1.63. The van der Waals surface area contributed by atoms with Crippen molar-refractivity contribution in [1.82, 2.24) is 9.80 Å². The third-order valence-corrected chi connectivity index (χ3v) is 5.00. The molecule has 2 heterocycles. The van der Waals surface area contributed by atoms with E-state index in [1.807, 2.05) is 20.8 Å². The molecular formula is C21H32N2O4. The Kier molecular flexibility index (Phi) is 6.40. The van der Waals surface area contributed by atoms with Crippen molar-refractivity contribution >= 4 is 6.09 Å². The minimum Gasteiger partial charge on any atom is -0.444 e. The van der Waals surface area contributed by atoms with E-state index in [1.165, 1.54) is 11.1 Å². The number of aliphatic hydroxyl groups is 1. The van der Waals surface area contributed by atoms with E-state index in [4.69, 9.17) is 9.47 Å². The first-order valence-electron chi connectivity index (χ1n) is 9.87. The Labute approximate surface area is 162 Å². The van der Waals surface area contributed by atoms with Crippen molar-refractivity contribution < 1.29 is 19.4 Å². The highest BCUT2D eigenvalue weighted by Crippen LogP contribution is 2.20. The number of fused-ring (bicyclic) bond motifs is 1. The van der Waals surface area contributed by atoms with Crippen LogP contribution in [0.25, 0.3) is 0 Å². The smallest absolute Gasteiger partial charge is 0.410 e. The number of ether oxygens (including phenoxy) is 2. The van der Waals surface area contributed by atoms with Crippen molar-refractivity contribution in [2.75, 3.05) is 32.8 Å². The van der Waals surface area contributed by atoms with Gasteiger partial charge in [-0.15, -0.1) is 0 Å². The fraction of sp³-hybridized carbons (Fsp3) is 0.667. The summed E-state index contributed by atoms with van der Waals surface area (Å²) in [5.74, 6) is 0. The molecule has 1 aromatic rings. The molecule has 0 spiro atoms. The summed E-state index contributed by atoms with van der Waals surface area (Å²) >= 11 is 0. The van der Waals surface area contributed by atoms with Crippen LogP contribution in [-0.2, 0) is 22.4 Å². The molecule has 27 heavy (non-hydrogen) atoms. The molecule has 3 rings (SSSR count). The molecule has 1 aromatic carbocycles. The number of aliphatic hydroxyl groups excluding tert-OH is 1. The molecule has 150 valence electrons. The lowest BCUT2D eigenvalue weighted by molar-refractivity contribution is -0.0205. The molecule has 0 saturated carbocycles. The predicted octanol–water partition coefficient (Wildman–Crippen LogP) is 2.43. The molecule has 0 bridgehead atoms. The molecule has 0 aliphatic carbocycles. The molecule has 1 fully saturated rings. The first-order valence-corrected chi connectivity index (χ1v) is 9.87. The van der Waals surface area contributed by atoms with E-state index in [2.05, 4.69) is 29.2 Å². The van der Waals surface area contributed by atoms with Crippen molar-refractivity contribution in [2.24, 2.45) is 0 Å². The van der Waals surface area contributed by atoms with Crippen molar-refractivity contribution in [3.8, 4) is 0 Å². The number of hydrogen-bond acceptors (Lipinski definition) is 5. The molecule has 2 atom stereocenters. The van der Waals surface area contributed by atoms with Crippen LogP contribution in [0.4, 0.5) is 4.79 Å². The number of β-amino-alcohol motifs (C(OH)–C–C–N with tert-alkyl or cyclic N) is 1. The van der Waals surface area contributed by atoms with Crippen LogP contribution in [-0.4, -0.2) is 71.6 Å². The summed E-state index contributed by atoms with van der Waals surface area (Å²) in [5.41, 5.74) is 2.27. The molecule has 2 aliphatic heterocycles. The Bertz CT molecular complexity index is 643. The van der Waals surface area contributed by atoms with Gasteiger partial charge >= 0.3 is 6.09 Å². The molecule has 0 aromatic heterocycles. The number of benzene rings is 1. The van der Waals surface area contributed by atoms with Crippen LogP contribution in [0, 0.1) is 0 Å². The summed E-state index contributed by atoms with van der Waals surface area (Å²) in [4.78, 5) is 16.1. The fourth-order valence-corrected chi connectivity index (χ4v) is 3.66. The summed E-state index contributed by atoms with van der Waals surface area (Å²) in [6, 6.07) is 8.49. The van der Waals surface area contributed by atoms with E-state index in [0.29, 0.717) is 26.2 Å². The number of likely N-dealkylation sites (tertiary alicyclic amines) is 1. The molecule has 1 saturated heterocycles. The molecule has 1 N–H and O–H groups in total. The lowest BCUT2D eigenvalue weighted by atomic mass is 10.00. The molecule has 1 amide bonds. The van der Waals surface area contributed by atoms with Crippen molar-refractivity contribution in [1.29, 1.82) is 0 Å². The van der Waals surface area contributed by atoms with Gasteiger partial charge in [-0.25, -0.2) is 4.79 Å². The SMILES string of the molecule is CC(C)(C)OC(=O)N1CCC(OCC(O)CN2CCc3ccccc3C2)C1. The summed E-state index contributed by atoms with van der Waals surface area (Å²) < 4.78 is 11.3. The predicted molar refractivity (Wildman–Crippen MR) is 104 cm³/mol. The van der Waals surface area contributed by atoms with E-state index < -0.39 is 11.7 Å². The first kappa shape index (κ1) is 20.1. The number of carbonyl (C=O) groups is 1. The van der Waals surface area contributed by atoms with Crippen molar-refractivity contribution in [3.05, 3.63) is 35.4 Å². The van der Waals surface area contributed by atoms with Gasteiger partial charge in [0.05, 0.1) is 25.4 Å². The minimum atomic E-state index is -0.522. The van der Waals surface area contributed by atoms with E-state index >= 15 is 0 Å². The van der Waals surface area contributed by atoms with Gasteiger partial charge in [-0.1, -0.05) is 24.3 Å². The van der Waals surface area contributed by atoms with Gasteiger partial charge in [0.2, 0.25) is 0 Å². The monoisotopic (exact) mass is 376 g/mol. The number of amides is 1. The van der Waals surface area contributed by atoms with Gasteiger partial charge in [-0.05, 0) is 44.7 Å². The van der Waals surface area contributed by atoms with Gasteiger partial charge < -0.3 is 19.5 Å². The fourth-order valence-electron chi connectivity index (χ4n) is 3.66. The van der Waals surface area contributed by atoms with Gasteiger partial charge in [-0.3, -0.25) is 4.90 Å². The molecule has 6 nitrogen and oxygen atoms in total. The van der Waals surface area contributed by atoms with E-state index in [9.17, 15) is 9.90 Å². The van der Waals surface area contributed by atoms with Crippen LogP contribution >= 0.6 is 0 Å².